The first-order valence-corrected chi connectivity index (χ1v) is 7.11. The van der Waals surface area contributed by atoms with Crippen LogP contribution in [-0.2, 0) is 0 Å². The van der Waals surface area contributed by atoms with Crippen LogP contribution in [0, 0.1) is 16.4 Å². The molecule has 0 saturated heterocycles. The molecule has 0 aliphatic rings. The average molecular weight is 376 g/mol. The molecule has 0 saturated carbocycles. The van der Waals surface area contributed by atoms with Gasteiger partial charge in [-0.15, -0.1) is 0 Å². The number of nitrogens with zero attached hydrogens (tertiary/aromatic N) is 1. The number of halogens is 4. The number of fused-ring (bicyclic) bond motifs is 1. The highest BCUT2D eigenvalue weighted by molar-refractivity contribution is 9.10. The summed E-state index contributed by atoms with van der Waals surface area (Å²) in [7, 11) is 0. The summed E-state index contributed by atoms with van der Waals surface area (Å²) in [6, 6.07) is 7.47. The maximum Gasteiger partial charge on any atom is 0.182 e. The van der Waals surface area contributed by atoms with Gasteiger partial charge >= 0.3 is 0 Å². The van der Waals surface area contributed by atoms with Crippen LogP contribution in [0.4, 0.5) is 8.78 Å². The second-order valence-electron chi connectivity index (χ2n) is 4.12. The van der Waals surface area contributed by atoms with Gasteiger partial charge in [-0.1, -0.05) is 17.7 Å². The van der Waals surface area contributed by atoms with E-state index in [4.69, 9.17) is 23.8 Å². The molecule has 2 nitrogen and oxygen atoms in total. The summed E-state index contributed by atoms with van der Waals surface area (Å²) in [6.07, 6.45) is 0. The van der Waals surface area contributed by atoms with Gasteiger partial charge in [0.2, 0.25) is 0 Å². The molecule has 1 N–H and O–H groups in total. The minimum atomic E-state index is -0.577. The van der Waals surface area contributed by atoms with Gasteiger partial charge in [-0.05, 0) is 46.3 Å². The Labute approximate surface area is 131 Å². The molecule has 1 heterocycles. The molecule has 1 aromatic heterocycles. The smallest absolute Gasteiger partial charge is 0.182 e. The van der Waals surface area contributed by atoms with Crippen LogP contribution in [0.1, 0.15) is 0 Å². The molecule has 0 aliphatic carbocycles. The van der Waals surface area contributed by atoms with Crippen molar-refractivity contribution in [3.8, 4) is 5.69 Å². The van der Waals surface area contributed by atoms with Gasteiger partial charge in [-0.2, -0.15) is 0 Å². The summed E-state index contributed by atoms with van der Waals surface area (Å²) in [5.74, 6) is -1.00. The molecule has 0 unspecified atom stereocenters. The lowest BCUT2D eigenvalue weighted by Gasteiger charge is -2.07. The molecule has 0 atom stereocenters. The van der Waals surface area contributed by atoms with Gasteiger partial charge in [-0.3, -0.25) is 4.57 Å². The Morgan fingerprint density at radius 3 is 2.75 bits per heavy atom. The number of nitrogens with one attached hydrogen (secondary N) is 1. The zero-order chi connectivity index (χ0) is 14.4. The van der Waals surface area contributed by atoms with E-state index in [0.717, 1.165) is 0 Å². The van der Waals surface area contributed by atoms with Gasteiger partial charge in [0, 0.05) is 6.07 Å². The van der Waals surface area contributed by atoms with Crippen LogP contribution in [0.5, 0.6) is 0 Å². The third-order valence-electron chi connectivity index (χ3n) is 2.90. The molecule has 3 aromatic rings. The third kappa shape index (κ3) is 2.08. The number of imidazole rings is 1. The van der Waals surface area contributed by atoms with Crippen LogP contribution in [0.15, 0.2) is 34.8 Å². The minimum Gasteiger partial charge on any atom is -0.330 e. The van der Waals surface area contributed by atoms with E-state index in [1.807, 2.05) is 0 Å². The van der Waals surface area contributed by atoms with Crippen molar-refractivity contribution in [2.75, 3.05) is 0 Å². The Bertz CT molecular complexity index is 888. The molecule has 0 aliphatic heterocycles. The Morgan fingerprint density at radius 1 is 1.25 bits per heavy atom. The van der Waals surface area contributed by atoms with E-state index in [0.29, 0.717) is 11.0 Å². The lowest BCUT2D eigenvalue weighted by Crippen LogP contribution is -1.98. The van der Waals surface area contributed by atoms with Gasteiger partial charge in [0.1, 0.15) is 5.82 Å². The summed E-state index contributed by atoms with van der Waals surface area (Å²) >= 11 is 14.1. The largest absolute Gasteiger partial charge is 0.330 e. The Hall–Kier alpha value is -1.24. The molecule has 0 spiro atoms. The van der Waals surface area contributed by atoms with Gasteiger partial charge in [0.25, 0.3) is 0 Å². The highest BCUT2D eigenvalue weighted by atomic mass is 79.9. The second-order valence-corrected chi connectivity index (χ2v) is 5.77. The van der Waals surface area contributed by atoms with Crippen molar-refractivity contribution in [2.45, 2.75) is 0 Å². The quantitative estimate of drug-likeness (QED) is 0.566. The average Bonchev–Trinajstić information content (AvgIpc) is 2.69. The third-order valence-corrected chi connectivity index (χ3v) is 4.08. The summed E-state index contributed by atoms with van der Waals surface area (Å²) in [5.41, 5.74) is 1.26. The molecule has 7 heteroatoms. The van der Waals surface area contributed by atoms with Crippen LogP contribution in [-0.4, -0.2) is 9.55 Å². The molecular weight excluding hydrogens is 370 g/mol. The van der Waals surface area contributed by atoms with Crippen molar-refractivity contribution < 1.29 is 8.78 Å². The predicted octanol–water partition coefficient (Wildman–Crippen LogP) is 5.38. The highest BCUT2D eigenvalue weighted by Gasteiger charge is 2.14. The molecule has 0 amide bonds. The zero-order valence-electron chi connectivity index (χ0n) is 9.75. The standard InChI is InChI=1S/C13H6BrClF2N2S/c14-6-4-11-9(5-8(6)16)18-13(20)19(11)10-3-1-2-7(15)12(10)17/h1-5H,(H,18,20). The van der Waals surface area contributed by atoms with Gasteiger partial charge in [0.05, 0.1) is 26.2 Å². The molecule has 3 rings (SSSR count). The summed E-state index contributed by atoms with van der Waals surface area (Å²) in [4.78, 5) is 2.85. The van der Waals surface area contributed by atoms with Crippen molar-refractivity contribution in [1.82, 2.24) is 9.55 Å². The topological polar surface area (TPSA) is 20.7 Å². The zero-order valence-corrected chi connectivity index (χ0v) is 12.9. The van der Waals surface area contributed by atoms with Gasteiger partial charge in [-0.25, -0.2) is 8.78 Å². The molecule has 0 fully saturated rings. The molecule has 20 heavy (non-hydrogen) atoms. The van der Waals surface area contributed by atoms with Crippen LogP contribution in [0.3, 0.4) is 0 Å². The van der Waals surface area contributed by atoms with E-state index >= 15 is 0 Å². The van der Waals surface area contributed by atoms with E-state index in [9.17, 15) is 8.78 Å². The van der Waals surface area contributed by atoms with E-state index in [-0.39, 0.29) is 20.0 Å². The molecule has 102 valence electrons. The number of aromatic nitrogens is 2. The SMILES string of the molecule is Fc1cc2[nH]c(=S)n(-c3cccc(Cl)c3F)c2cc1Br. The lowest BCUT2D eigenvalue weighted by atomic mass is 10.2. The Morgan fingerprint density at radius 2 is 2.00 bits per heavy atom. The lowest BCUT2D eigenvalue weighted by molar-refractivity contribution is 0.619. The fourth-order valence-electron chi connectivity index (χ4n) is 2.01. The van der Waals surface area contributed by atoms with Crippen LogP contribution in [0.2, 0.25) is 5.02 Å². The number of H-pyrrole nitrogens is 1. The van der Waals surface area contributed by atoms with E-state index in [2.05, 4.69) is 20.9 Å². The predicted molar refractivity (Wildman–Crippen MR) is 81.1 cm³/mol. The van der Waals surface area contributed by atoms with Crippen molar-refractivity contribution >= 4 is 50.8 Å². The highest BCUT2D eigenvalue weighted by Crippen LogP contribution is 2.28. The van der Waals surface area contributed by atoms with Gasteiger partial charge in [0.15, 0.2) is 10.6 Å². The molecule has 2 aromatic carbocycles. The monoisotopic (exact) mass is 374 g/mol. The first kappa shape index (κ1) is 13.7. The van der Waals surface area contributed by atoms with Gasteiger partial charge < -0.3 is 4.98 Å². The van der Waals surface area contributed by atoms with Crippen LogP contribution < -0.4 is 0 Å². The fraction of sp³-hybridized carbons (Fsp3) is 0. The maximum absolute atomic E-state index is 14.2. The summed E-state index contributed by atoms with van der Waals surface area (Å²) < 4.78 is 29.7. The van der Waals surface area contributed by atoms with Crippen molar-refractivity contribution in [2.24, 2.45) is 0 Å². The summed E-state index contributed by atoms with van der Waals surface area (Å²) in [6.45, 7) is 0. The summed E-state index contributed by atoms with van der Waals surface area (Å²) in [5, 5.41) is -0.0000673. The van der Waals surface area contributed by atoms with E-state index < -0.39 is 11.6 Å². The molecule has 0 radical (unpaired) electrons. The second kappa shape index (κ2) is 4.95. The number of benzene rings is 2. The molecule has 0 bridgehead atoms. The maximum atomic E-state index is 14.2. The Balaban J connectivity index is 2.42. The first-order valence-electron chi connectivity index (χ1n) is 5.53. The van der Waals surface area contributed by atoms with Crippen LogP contribution >= 0.6 is 39.7 Å². The first-order chi connectivity index (χ1) is 9.49. The number of hydrogen-bond acceptors (Lipinski definition) is 1. The number of aromatic amines is 1. The minimum absolute atomic E-state index is 0.0000673. The van der Waals surface area contributed by atoms with E-state index in [1.54, 1.807) is 12.1 Å². The Kier molecular flexibility index (Phi) is 3.40. The van der Waals surface area contributed by atoms with Crippen molar-refractivity contribution in [3.05, 3.63) is 56.2 Å². The van der Waals surface area contributed by atoms with Crippen molar-refractivity contribution in [3.63, 3.8) is 0 Å². The van der Waals surface area contributed by atoms with Crippen molar-refractivity contribution in [1.29, 1.82) is 0 Å². The van der Waals surface area contributed by atoms with E-state index in [1.165, 1.54) is 22.8 Å². The normalized spacial score (nSPS) is 11.2. The fourth-order valence-corrected chi connectivity index (χ4v) is 2.81. The number of hydrogen-bond donors (Lipinski definition) is 1. The molecular formula is C13H6BrClF2N2S. The van der Waals surface area contributed by atoms with Crippen LogP contribution in [0.25, 0.3) is 16.7 Å². The number of rotatable bonds is 1.